The van der Waals surface area contributed by atoms with Crippen LogP contribution in [0.2, 0.25) is 0 Å². The molecule has 0 spiro atoms. The van der Waals surface area contributed by atoms with Crippen molar-refractivity contribution < 1.29 is 19.5 Å². The van der Waals surface area contributed by atoms with Crippen LogP contribution in [-0.4, -0.2) is 54.6 Å². The van der Waals surface area contributed by atoms with Gasteiger partial charge in [-0.3, -0.25) is 9.59 Å². The summed E-state index contributed by atoms with van der Waals surface area (Å²) >= 11 is 0. The number of carbonyl (C=O) groups is 3. The first-order valence-electron chi connectivity index (χ1n) is 6.15. The van der Waals surface area contributed by atoms with E-state index in [0.717, 1.165) is 0 Å². The number of rotatable bonds is 6. The number of likely N-dealkylation sites (N-methyl/N-ethyl adjacent to an activating group) is 1. The van der Waals surface area contributed by atoms with Crippen molar-refractivity contribution in [2.45, 2.75) is 26.8 Å². The van der Waals surface area contributed by atoms with Crippen LogP contribution >= 0.6 is 0 Å². The second-order valence-corrected chi connectivity index (χ2v) is 5.00. The van der Waals surface area contributed by atoms with Crippen LogP contribution in [-0.2, 0) is 9.59 Å². The highest BCUT2D eigenvalue weighted by Crippen LogP contribution is 2.09. The van der Waals surface area contributed by atoms with Crippen molar-refractivity contribution in [3.8, 4) is 0 Å². The minimum absolute atomic E-state index is 0.0295. The van der Waals surface area contributed by atoms with Crippen molar-refractivity contribution in [2.75, 3.05) is 20.6 Å². The van der Waals surface area contributed by atoms with Crippen LogP contribution in [0.15, 0.2) is 0 Å². The molecule has 0 aliphatic heterocycles. The number of carboxylic acid groups (broad SMARTS) is 1. The Morgan fingerprint density at radius 1 is 1.16 bits per heavy atom. The lowest BCUT2D eigenvalue weighted by Crippen LogP contribution is -2.49. The molecule has 0 radical (unpaired) electrons. The van der Waals surface area contributed by atoms with E-state index in [4.69, 9.17) is 5.11 Å². The summed E-state index contributed by atoms with van der Waals surface area (Å²) in [7, 11) is 3.19. The summed E-state index contributed by atoms with van der Waals surface area (Å²) in [5.74, 6) is -1.91. The number of carbonyl (C=O) groups excluding carboxylic acids is 2. The molecule has 0 fully saturated rings. The van der Waals surface area contributed by atoms with Gasteiger partial charge in [-0.2, -0.15) is 0 Å². The van der Waals surface area contributed by atoms with Crippen molar-refractivity contribution >= 4 is 17.9 Å². The highest BCUT2D eigenvalue weighted by Gasteiger charge is 2.23. The smallest absolute Gasteiger partial charge is 0.315 e. The topological polar surface area (TPSA) is 98.7 Å². The summed E-state index contributed by atoms with van der Waals surface area (Å²) in [5.41, 5.74) is 0. The zero-order valence-electron chi connectivity index (χ0n) is 12.1. The fraction of sp³-hybridized carbons (Fsp3) is 0.750. The average molecular weight is 273 g/mol. The molecule has 0 bridgehead atoms. The first-order valence-corrected chi connectivity index (χ1v) is 6.15. The summed E-state index contributed by atoms with van der Waals surface area (Å²) in [5, 5.41) is 13.9. The van der Waals surface area contributed by atoms with Crippen molar-refractivity contribution in [1.29, 1.82) is 0 Å². The Morgan fingerprint density at radius 2 is 1.68 bits per heavy atom. The van der Waals surface area contributed by atoms with E-state index in [9.17, 15) is 14.4 Å². The Hall–Kier alpha value is -1.79. The van der Waals surface area contributed by atoms with Crippen LogP contribution in [0.5, 0.6) is 0 Å². The van der Waals surface area contributed by atoms with Gasteiger partial charge in [0.25, 0.3) is 0 Å². The largest absolute Gasteiger partial charge is 0.481 e. The van der Waals surface area contributed by atoms with E-state index in [1.165, 1.54) is 4.90 Å². The van der Waals surface area contributed by atoms with Gasteiger partial charge in [-0.05, 0) is 12.8 Å². The number of hydrogen-bond acceptors (Lipinski definition) is 3. The van der Waals surface area contributed by atoms with Crippen LogP contribution < -0.4 is 10.6 Å². The minimum Gasteiger partial charge on any atom is -0.481 e. The highest BCUT2D eigenvalue weighted by atomic mass is 16.4. The lowest BCUT2D eigenvalue weighted by Gasteiger charge is -2.20. The fourth-order valence-corrected chi connectivity index (χ4v) is 1.51. The quantitative estimate of drug-likeness (QED) is 0.640. The molecule has 0 aliphatic rings. The predicted octanol–water partition coefficient (Wildman–Crippen LogP) is 0.119. The van der Waals surface area contributed by atoms with Gasteiger partial charge in [0.15, 0.2) is 0 Å². The third-order valence-electron chi connectivity index (χ3n) is 2.76. The first kappa shape index (κ1) is 17.2. The molecule has 0 aliphatic carbocycles. The van der Waals surface area contributed by atoms with Crippen LogP contribution in [0, 0.1) is 11.8 Å². The third kappa shape index (κ3) is 6.08. The molecule has 3 amide bonds. The summed E-state index contributed by atoms with van der Waals surface area (Å²) in [4.78, 5) is 35.4. The van der Waals surface area contributed by atoms with E-state index in [1.807, 2.05) is 0 Å². The van der Waals surface area contributed by atoms with Crippen molar-refractivity contribution in [1.82, 2.24) is 15.5 Å². The number of nitrogens with one attached hydrogen (secondary N) is 2. The van der Waals surface area contributed by atoms with Gasteiger partial charge in [0.05, 0.1) is 5.92 Å². The Bertz CT molecular complexity index is 342. The van der Waals surface area contributed by atoms with E-state index in [-0.39, 0.29) is 18.4 Å². The van der Waals surface area contributed by atoms with Crippen molar-refractivity contribution in [2.24, 2.45) is 11.8 Å². The molecule has 0 saturated heterocycles. The molecular formula is C12H23N3O4. The molecule has 7 nitrogen and oxygen atoms in total. The van der Waals surface area contributed by atoms with Crippen LogP contribution in [0.3, 0.4) is 0 Å². The molecule has 0 saturated carbocycles. The Balaban J connectivity index is 4.25. The van der Waals surface area contributed by atoms with Gasteiger partial charge >= 0.3 is 12.0 Å². The average Bonchev–Trinajstić information content (AvgIpc) is 2.26. The standard InChI is InChI=1S/C12H23N3O4/c1-7(2)9(11(17)18)6-13-12(19)14-8(3)10(16)15(4)5/h7-9H,6H2,1-5H3,(H,17,18)(H2,13,14,19). The molecule has 2 unspecified atom stereocenters. The maximum Gasteiger partial charge on any atom is 0.315 e. The molecule has 0 aromatic rings. The molecule has 3 N–H and O–H groups in total. The van der Waals surface area contributed by atoms with Crippen molar-refractivity contribution in [3.05, 3.63) is 0 Å². The zero-order chi connectivity index (χ0) is 15.2. The Kier molecular flexibility index (Phi) is 6.89. The minimum atomic E-state index is -0.951. The van der Waals surface area contributed by atoms with Gasteiger partial charge < -0.3 is 20.6 Å². The lowest BCUT2D eigenvalue weighted by molar-refractivity contribution is -0.143. The van der Waals surface area contributed by atoms with Crippen LogP contribution in [0.25, 0.3) is 0 Å². The van der Waals surface area contributed by atoms with E-state index in [0.29, 0.717) is 0 Å². The SMILES string of the molecule is CC(NC(=O)NCC(C(=O)O)C(C)C)C(=O)N(C)C. The molecule has 0 aromatic carbocycles. The van der Waals surface area contributed by atoms with E-state index >= 15 is 0 Å². The summed E-state index contributed by atoms with van der Waals surface area (Å²) in [6, 6.07) is -1.20. The van der Waals surface area contributed by atoms with E-state index in [2.05, 4.69) is 10.6 Å². The van der Waals surface area contributed by atoms with E-state index < -0.39 is 24.0 Å². The number of nitrogens with zero attached hydrogens (tertiary/aromatic N) is 1. The van der Waals surface area contributed by atoms with Gasteiger partial charge in [0, 0.05) is 20.6 Å². The molecule has 110 valence electrons. The number of amides is 3. The summed E-state index contributed by atoms with van der Waals surface area (Å²) < 4.78 is 0. The summed E-state index contributed by atoms with van der Waals surface area (Å²) in [6.07, 6.45) is 0. The molecule has 0 aromatic heterocycles. The molecule has 19 heavy (non-hydrogen) atoms. The Morgan fingerprint density at radius 3 is 2.05 bits per heavy atom. The second kappa shape index (κ2) is 7.60. The van der Waals surface area contributed by atoms with Crippen LogP contribution in [0.4, 0.5) is 4.79 Å². The number of carboxylic acids is 1. The van der Waals surface area contributed by atoms with E-state index in [1.54, 1.807) is 34.9 Å². The molecule has 2 atom stereocenters. The Labute approximate surface area is 113 Å². The maximum absolute atomic E-state index is 11.5. The number of urea groups is 1. The van der Waals surface area contributed by atoms with Crippen LogP contribution in [0.1, 0.15) is 20.8 Å². The van der Waals surface area contributed by atoms with Gasteiger partial charge in [-0.25, -0.2) is 4.79 Å². The number of hydrogen-bond donors (Lipinski definition) is 3. The van der Waals surface area contributed by atoms with Gasteiger partial charge in [0.1, 0.15) is 6.04 Å². The normalized spacial score (nSPS) is 13.6. The molecular weight excluding hydrogens is 250 g/mol. The zero-order valence-corrected chi connectivity index (χ0v) is 12.1. The molecule has 7 heteroatoms. The lowest BCUT2D eigenvalue weighted by atomic mass is 9.96. The van der Waals surface area contributed by atoms with Crippen molar-refractivity contribution in [3.63, 3.8) is 0 Å². The first-order chi connectivity index (χ1) is 8.66. The second-order valence-electron chi connectivity index (χ2n) is 5.00. The van der Waals surface area contributed by atoms with Gasteiger partial charge in [-0.1, -0.05) is 13.8 Å². The summed E-state index contributed by atoms with van der Waals surface area (Å²) in [6.45, 7) is 5.15. The molecule has 0 rings (SSSR count). The number of aliphatic carboxylic acids is 1. The predicted molar refractivity (Wildman–Crippen MR) is 70.7 cm³/mol. The third-order valence-corrected chi connectivity index (χ3v) is 2.76. The maximum atomic E-state index is 11.5. The molecule has 0 heterocycles. The van der Waals surface area contributed by atoms with Gasteiger partial charge in [-0.15, -0.1) is 0 Å². The highest BCUT2D eigenvalue weighted by molar-refractivity contribution is 5.86. The fourth-order valence-electron chi connectivity index (χ4n) is 1.51. The van der Waals surface area contributed by atoms with Gasteiger partial charge in [0.2, 0.25) is 5.91 Å². The monoisotopic (exact) mass is 273 g/mol.